The monoisotopic (exact) mass is 432 g/mol. The summed E-state index contributed by atoms with van der Waals surface area (Å²) in [6.07, 6.45) is 2.80. The predicted molar refractivity (Wildman–Crippen MR) is 121 cm³/mol. The molecule has 0 fully saturated rings. The van der Waals surface area contributed by atoms with Gasteiger partial charge in [-0.15, -0.1) is 0 Å². The van der Waals surface area contributed by atoms with E-state index in [1.165, 1.54) is 17.6 Å². The first kappa shape index (κ1) is 22.7. The smallest absolute Gasteiger partial charge is 0.269 e. The fourth-order valence-corrected chi connectivity index (χ4v) is 3.09. The number of carbonyl (C=O) groups is 1. The van der Waals surface area contributed by atoms with E-state index in [0.29, 0.717) is 18.0 Å². The van der Waals surface area contributed by atoms with Crippen LogP contribution in [0.25, 0.3) is 11.7 Å². The van der Waals surface area contributed by atoms with Gasteiger partial charge < -0.3 is 14.8 Å². The van der Waals surface area contributed by atoms with E-state index in [4.69, 9.17) is 9.47 Å². The summed E-state index contributed by atoms with van der Waals surface area (Å²) in [5, 5.41) is 12.1. The Morgan fingerprint density at radius 2 is 1.97 bits per heavy atom. The highest BCUT2D eigenvalue weighted by Crippen LogP contribution is 2.28. The molecule has 0 radical (unpaired) electrons. The number of benzene rings is 1. The quantitative estimate of drug-likeness (QED) is 0.349. The van der Waals surface area contributed by atoms with Crippen molar-refractivity contribution in [2.75, 3.05) is 20.3 Å². The first-order valence-corrected chi connectivity index (χ1v) is 10.0. The number of amides is 1. The largest absolute Gasteiger partial charge is 0.438 e. The van der Waals surface area contributed by atoms with Crippen LogP contribution < -0.4 is 15.6 Å². The molecule has 2 heterocycles. The third-order valence-corrected chi connectivity index (χ3v) is 5.06. The molecule has 0 aliphatic rings. The molecule has 3 aromatic rings. The number of aryl methyl sites for hydroxylation is 2. The second kappa shape index (κ2) is 9.90. The zero-order valence-electron chi connectivity index (χ0n) is 18.4. The van der Waals surface area contributed by atoms with Crippen LogP contribution >= 0.6 is 0 Å². The van der Waals surface area contributed by atoms with Gasteiger partial charge in [-0.05, 0) is 55.7 Å². The molecule has 0 unspecified atom stereocenters. The maximum atomic E-state index is 13.3. The van der Waals surface area contributed by atoms with Gasteiger partial charge in [0.05, 0.1) is 6.61 Å². The highest BCUT2D eigenvalue weighted by molar-refractivity contribution is 6.01. The van der Waals surface area contributed by atoms with Crippen molar-refractivity contribution in [3.05, 3.63) is 74.7 Å². The molecule has 0 atom stereocenters. The molecule has 1 N–H and O–H groups in total. The molecule has 32 heavy (non-hydrogen) atoms. The number of pyridine rings is 1. The molecule has 8 nitrogen and oxygen atoms in total. The number of methoxy groups -OCH3 is 1. The highest BCUT2D eigenvalue weighted by atomic mass is 16.5. The van der Waals surface area contributed by atoms with Gasteiger partial charge in [0.15, 0.2) is 0 Å². The third-order valence-electron chi connectivity index (χ3n) is 5.06. The number of ether oxygens (including phenoxy) is 2. The Morgan fingerprint density at radius 1 is 1.22 bits per heavy atom. The topological polar surface area (TPSA) is 106 Å². The van der Waals surface area contributed by atoms with E-state index in [-0.39, 0.29) is 23.6 Å². The molecule has 3 rings (SSSR count). The van der Waals surface area contributed by atoms with Crippen LogP contribution in [0, 0.1) is 32.1 Å². The van der Waals surface area contributed by atoms with Crippen LogP contribution in [0.4, 0.5) is 0 Å². The van der Waals surface area contributed by atoms with Gasteiger partial charge >= 0.3 is 0 Å². The van der Waals surface area contributed by atoms with Crippen LogP contribution in [-0.2, 0) is 9.53 Å². The van der Waals surface area contributed by atoms with Crippen molar-refractivity contribution in [2.24, 2.45) is 0 Å². The van der Waals surface area contributed by atoms with Crippen molar-refractivity contribution in [3.8, 4) is 17.7 Å². The van der Waals surface area contributed by atoms with Gasteiger partial charge in [0.1, 0.15) is 28.6 Å². The maximum Gasteiger partial charge on any atom is 0.269 e. The molecule has 2 aromatic heterocycles. The van der Waals surface area contributed by atoms with Crippen LogP contribution in [0.2, 0.25) is 0 Å². The van der Waals surface area contributed by atoms with Gasteiger partial charge in [0.2, 0.25) is 5.88 Å². The predicted octanol–water partition coefficient (Wildman–Crippen LogP) is 3.08. The number of nitriles is 1. The average molecular weight is 432 g/mol. The first-order valence-electron chi connectivity index (χ1n) is 10.0. The Hall–Kier alpha value is -3.96. The first-order chi connectivity index (χ1) is 15.4. The van der Waals surface area contributed by atoms with Crippen LogP contribution in [-0.4, -0.2) is 35.6 Å². The summed E-state index contributed by atoms with van der Waals surface area (Å²) >= 11 is 0. The van der Waals surface area contributed by atoms with Crippen LogP contribution in [0.15, 0.2) is 46.9 Å². The van der Waals surface area contributed by atoms with E-state index in [2.05, 4.69) is 10.3 Å². The normalized spacial score (nSPS) is 11.3. The van der Waals surface area contributed by atoms with E-state index in [9.17, 15) is 14.9 Å². The standard InChI is InChI=1S/C24H24N4O4/c1-15-7-5-9-20(17(15)3)32-23-19(13-18(14-25)22(29)26-10-12-31-4)24(30)28-11-6-8-16(2)21(28)27-23/h5-9,11,13H,10,12H2,1-4H3,(H,26,29)/b18-13+. The van der Waals surface area contributed by atoms with Crippen LogP contribution in [0.1, 0.15) is 22.3 Å². The zero-order valence-corrected chi connectivity index (χ0v) is 18.4. The Kier molecular flexibility index (Phi) is 7.03. The number of nitrogens with one attached hydrogen (secondary N) is 1. The summed E-state index contributed by atoms with van der Waals surface area (Å²) in [7, 11) is 1.51. The van der Waals surface area contributed by atoms with Gasteiger partial charge in [-0.2, -0.15) is 10.2 Å². The SMILES string of the molecule is COCCNC(=O)/C(C#N)=C/c1c(Oc2cccc(C)c2C)nc2c(C)cccn2c1=O. The summed E-state index contributed by atoms with van der Waals surface area (Å²) in [5.41, 5.74) is 2.44. The fourth-order valence-electron chi connectivity index (χ4n) is 3.09. The van der Waals surface area contributed by atoms with Gasteiger partial charge in [0, 0.05) is 19.9 Å². The molecule has 0 bridgehead atoms. The summed E-state index contributed by atoms with van der Waals surface area (Å²) in [4.78, 5) is 30.3. The molecule has 0 spiro atoms. The van der Waals surface area contributed by atoms with E-state index in [1.807, 2.05) is 45.0 Å². The lowest BCUT2D eigenvalue weighted by atomic mass is 10.1. The third kappa shape index (κ3) is 4.68. The molecule has 8 heteroatoms. The van der Waals surface area contributed by atoms with E-state index in [1.54, 1.807) is 18.3 Å². The Morgan fingerprint density at radius 3 is 2.69 bits per heavy atom. The van der Waals surface area contributed by atoms with E-state index < -0.39 is 11.5 Å². The molecule has 0 saturated heterocycles. The summed E-state index contributed by atoms with van der Waals surface area (Å²) < 4.78 is 12.3. The minimum atomic E-state index is -0.615. The lowest BCUT2D eigenvalue weighted by Gasteiger charge is -2.13. The molecule has 0 aliphatic heterocycles. The number of fused-ring (bicyclic) bond motifs is 1. The lowest BCUT2D eigenvalue weighted by Crippen LogP contribution is -2.28. The van der Waals surface area contributed by atoms with Gasteiger partial charge in [-0.25, -0.2) is 0 Å². The molecule has 164 valence electrons. The fraction of sp³-hybridized carbons (Fsp3) is 0.250. The summed E-state index contributed by atoms with van der Waals surface area (Å²) in [5.74, 6) is -0.0565. The minimum Gasteiger partial charge on any atom is -0.438 e. The number of aromatic nitrogens is 2. The molecule has 1 amide bonds. The Bertz CT molecular complexity index is 1300. The van der Waals surface area contributed by atoms with E-state index in [0.717, 1.165) is 16.7 Å². The molecular weight excluding hydrogens is 408 g/mol. The zero-order chi connectivity index (χ0) is 23.3. The van der Waals surface area contributed by atoms with Crippen molar-refractivity contribution in [3.63, 3.8) is 0 Å². The number of rotatable bonds is 7. The number of carbonyl (C=O) groups excluding carboxylic acids is 1. The second-order valence-electron chi connectivity index (χ2n) is 7.24. The minimum absolute atomic E-state index is 0.00690. The Labute approximate surface area is 185 Å². The molecule has 0 saturated carbocycles. The summed E-state index contributed by atoms with van der Waals surface area (Å²) in [6, 6.07) is 11.0. The van der Waals surface area contributed by atoms with Crippen LogP contribution in [0.3, 0.4) is 0 Å². The van der Waals surface area contributed by atoms with Crippen molar-refractivity contribution in [2.45, 2.75) is 20.8 Å². The average Bonchev–Trinajstić information content (AvgIpc) is 2.77. The molecular formula is C24H24N4O4. The number of hydrogen-bond acceptors (Lipinski definition) is 6. The second-order valence-corrected chi connectivity index (χ2v) is 7.24. The van der Waals surface area contributed by atoms with Crippen molar-refractivity contribution >= 4 is 17.6 Å². The molecule has 1 aromatic carbocycles. The number of nitrogens with zero attached hydrogens (tertiary/aromatic N) is 3. The van der Waals surface area contributed by atoms with Crippen molar-refractivity contribution in [1.29, 1.82) is 5.26 Å². The van der Waals surface area contributed by atoms with E-state index >= 15 is 0 Å². The Balaban J connectivity index is 2.19. The van der Waals surface area contributed by atoms with Gasteiger partial charge in [0.25, 0.3) is 11.5 Å². The van der Waals surface area contributed by atoms with Crippen molar-refractivity contribution < 1.29 is 14.3 Å². The highest BCUT2D eigenvalue weighted by Gasteiger charge is 2.18. The summed E-state index contributed by atoms with van der Waals surface area (Å²) in [6.45, 7) is 6.22. The molecule has 0 aliphatic carbocycles. The number of hydrogen-bond donors (Lipinski definition) is 1. The van der Waals surface area contributed by atoms with Crippen LogP contribution in [0.5, 0.6) is 11.6 Å². The van der Waals surface area contributed by atoms with Gasteiger partial charge in [-0.1, -0.05) is 18.2 Å². The lowest BCUT2D eigenvalue weighted by molar-refractivity contribution is -0.117. The maximum absolute atomic E-state index is 13.3. The van der Waals surface area contributed by atoms with Crippen molar-refractivity contribution in [1.82, 2.24) is 14.7 Å². The van der Waals surface area contributed by atoms with Gasteiger partial charge in [-0.3, -0.25) is 14.0 Å².